The highest BCUT2D eigenvalue weighted by atomic mass is 28.4. The van der Waals surface area contributed by atoms with Crippen LogP contribution in [0.4, 0.5) is 5.69 Å². The van der Waals surface area contributed by atoms with Crippen LogP contribution in [0.1, 0.15) is 51.3 Å². The molecule has 0 fully saturated rings. The van der Waals surface area contributed by atoms with Crippen molar-refractivity contribution in [2.75, 3.05) is 12.4 Å². The van der Waals surface area contributed by atoms with Gasteiger partial charge in [-0.15, -0.1) is 0 Å². The summed E-state index contributed by atoms with van der Waals surface area (Å²) in [6.07, 6.45) is 0. The molecule has 1 N–H and O–H groups in total. The largest absolute Gasteiger partial charge is 0.543 e. The van der Waals surface area contributed by atoms with Gasteiger partial charge < -0.3 is 14.5 Å². The van der Waals surface area contributed by atoms with Crippen molar-refractivity contribution in [3.8, 4) is 22.6 Å². The average Bonchev–Trinajstić information content (AvgIpc) is 2.54. The molecule has 1 aliphatic rings. The molecule has 3 rings (SSSR count). The van der Waals surface area contributed by atoms with Crippen LogP contribution in [0.25, 0.3) is 11.1 Å². The van der Waals surface area contributed by atoms with Crippen LogP contribution in [0.5, 0.6) is 11.5 Å². The molecule has 0 atom stereocenters. The third-order valence-electron chi connectivity index (χ3n) is 6.39. The van der Waals surface area contributed by atoms with Gasteiger partial charge in [-0.05, 0) is 80.7 Å². The summed E-state index contributed by atoms with van der Waals surface area (Å²) in [5.41, 5.74) is 6.77. The summed E-state index contributed by atoms with van der Waals surface area (Å²) in [4.78, 5) is 0. The van der Waals surface area contributed by atoms with Gasteiger partial charge in [-0.1, -0.05) is 20.8 Å². The molecule has 0 aliphatic carbocycles. The van der Waals surface area contributed by atoms with Gasteiger partial charge in [0, 0.05) is 29.9 Å². The predicted octanol–water partition coefficient (Wildman–Crippen LogP) is 7.02. The summed E-state index contributed by atoms with van der Waals surface area (Å²) in [5, 5.41) is 3.45. The van der Waals surface area contributed by atoms with Gasteiger partial charge in [-0.2, -0.15) is 0 Å². The lowest BCUT2D eigenvalue weighted by molar-refractivity contribution is 0.105. The number of fused-ring (bicyclic) bond motifs is 3. The second-order valence-electron chi connectivity index (χ2n) is 10.1. The van der Waals surface area contributed by atoms with Gasteiger partial charge in [0.05, 0.1) is 0 Å². The SMILES string of the molecule is CNc1cc2c(cc1C)-c1cc(C)c(O[Si](C)(C)C(C)(C)C)cc1OC2(C)C. The Morgan fingerprint density at radius 2 is 1.57 bits per heavy atom. The monoisotopic (exact) mass is 397 g/mol. The maximum absolute atomic E-state index is 6.63. The van der Waals surface area contributed by atoms with Crippen molar-refractivity contribution in [2.45, 2.75) is 72.2 Å². The zero-order chi connectivity index (χ0) is 21.1. The van der Waals surface area contributed by atoms with Crippen LogP contribution < -0.4 is 14.5 Å². The van der Waals surface area contributed by atoms with E-state index in [4.69, 9.17) is 9.16 Å². The minimum atomic E-state index is -1.91. The van der Waals surface area contributed by atoms with E-state index in [1.165, 1.54) is 16.7 Å². The van der Waals surface area contributed by atoms with Gasteiger partial charge in [0.2, 0.25) is 8.32 Å². The first-order valence-electron chi connectivity index (χ1n) is 10.1. The summed E-state index contributed by atoms with van der Waals surface area (Å²) in [6.45, 7) is 19.9. The highest BCUT2D eigenvalue weighted by molar-refractivity contribution is 6.74. The molecule has 0 unspecified atom stereocenters. The van der Waals surface area contributed by atoms with Gasteiger partial charge in [-0.25, -0.2) is 0 Å². The molecule has 1 aliphatic heterocycles. The fraction of sp³-hybridized carbons (Fsp3) is 0.500. The minimum Gasteiger partial charge on any atom is -0.543 e. The average molecular weight is 398 g/mol. The van der Waals surface area contributed by atoms with Crippen LogP contribution in [-0.4, -0.2) is 15.4 Å². The molecule has 0 radical (unpaired) electrons. The second kappa shape index (κ2) is 6.55. The molecule has 0 spiro atoms. The highest BCUT2D eigenvalue weighted by Crippen LogP contribution is 2.49. The lowest BCUT2D eigenvalue weighted by atomic mass is 9.84. The Labute approximate surface area is 171 Å². The first-order chi connectivity index (χ1) is 12.8. The van der Waals surface area contributed by atoms with Crippen molar-refractivity contribution in [3.63, 3.8) is 0 Å². The quantitative estimate of drug-likeness (QED) is 0.564. The minimum absolute atomic E-state index is 0.155. The van der Waals surface area contributed by atoms with Crippen molar-refractivity contribution >= 4 is 14.0 Å². The van der Waals surface area contributed by atoms with Crippen LogP contribution >= 0.6 is 0 Å². The van der Waals surface area contributed by atoms with Crippen LogP contribution in [-0.2, 0) is 5.60 Å². The molecule has 152 valence electrons. The molecule has 2 aromatic carbocycles. The van der Waals surface area contributed by atoms with Crippen LogP contribution in [0.3, 0.4) is 0 Å². The fourth-order valence-corrected chi connectivity index (χ4v) is 4.61. The molecule has 0 amide bonds. The summed E-state index contributed by atoms with van der Waals surface area (Å²) in [7, 11) is 0.0513. The topological polar surface area (TPSA) is 30.5 Å². The summed E-state index contributed by atoms with van der Waals surface area (Å²) >= 11 is 0. The number of aryl methyl sites for hydroxylation is 2. The van der Waals surface area contributed by atoms with E-state index in [0.29, 0.717) is 0 Å². The van der Waals surface area contributed by atoms with Gasteiger partial charge in [0.15, 0.2) is 0 Å². The number of ether oxygens (including phenoxy) is 1. The molecule has 4 heteroatoms. The molecule has 0 aromatic heterocycles. The van der Waals surface area contributed by atoms with Gasteiger partial charge in [0.25, 0.3) is 0 Å². The zero-order valence-corrected chi connectivity index (χ0v) is 20.1. The second-order valence-corrected chi connectivity index (χ2v) is 14.8. The van der Waals surface area contributed by atoms with Crippen LogP contribution in [0.15, 0.2) is 24.3 Å². The molecule has 28 heavy (non-hydrogen) atoms. The van der Waals surface area contributed by atoms with E-state index in [0.717, 1.165) is 28.3 Å². The van der Waals surface area contributed by atoms with Gasteiger partial charge in [0.1, 0.15) is 17.1 Å². The summed E-state index contributed by atoms with van der Waals surface area (Å²) in [6, 6.07) is 8.84. The predicted molar refractivity (Wildman–Crippen MR) is 122 cm³/mol. The van der Waals surface area contributed by atoms with Gasteiger partial charge >= 0.3 is 0 Å². The molecule has 3 nitrogen and oxygen atoms in total. The van der Waals surface area contributed by atoms with E-state index >= 15 is 0 Å². The highest BCUT2D eigenvalue weighted by Gasteiger charge is 2.40. The Morgan fingerprint density at radius 3 is 2.14 bits per heavy atom. The molecule has 0 saturated carbocycles. The zero-order valence-electron chi connectivity index (χ0n) is 19.1. The molecule has 0 saturated heterocycles. The normalized spacial score (nSPS) is 15.4. The van der Waals surface area contributed by atoms with E-state index in [-0.39, 0.29) is 5.04 Å². The summed E-state index contributed by atoms with van der Waals surface area (Å²) in [5.74, 6) is 1.86. The number of anilines is 1. The Bertz CT molecular complexity index is 923. The maximum Gasteiger partial charge on any atom is 0.250 e. The molecular formula is C24H35NO2Si. The summed E-state index contributed by atoms with van der Waals surface area (Å²) < 4.78 is 13.1. The van der Waals surface area contributed by atoms with Crippen molar-refractivity contribution < 1.29 is 9.16 Å². The molecule has 1 heterocycles. The Kier molecular flexibility index (Phi) is 4.86. The van der Waals surface area contributed by atoms with Crippen LogP contribution in [0, 0.1) is 13.8 Å². The number of hydrogen-bond donors (Lipinski definition) is 1. The molecule has 2 aromatic rings. The smallest absolute Gasteiger partial charge is 0.250 e. The Hall–Kier alpha value is -1.94. The van der Waals surface area contributed by atoms with E-state index < -0.39 is 13.9 Å². The number of benzene rings is 2. The third kappa shape index (κ3) is 3.43. The Balaban J connectivity index is 2.15. The standard InChI is InChI=1S/C24H35NO2Si/c1-15-11-17-18-12-16(2)21(27-28(9,10)23(3,4)5)14-22(18)26-24(6,7)19(17)13-20(15)25-8/h11-14,25H,1-10H3. The maximum atomic E-state index is 6.63. The number of nitrogens with one attached hydrogen (secondary N) is 1. The molecule has 0 bridgehead atoms. The Morgan fingerprint density at radius 1 is 0.964 bits per heavy atom. The fourth-order valence-electron chi connectivity index (χ4n) is 3.53. The van der Waals surface area contributed by atoms with Crippen molar-refractivity contribution in [1.82, 2.24) is 0 Å². The number of rotatable bonds is 3. The van der Waals surface area contributed by atoms with E-state index in [1.54, 1.807) is 0 Å². The lowest BCUT2D eigenvalue weighted by Crippen LogP contribution is -2.44. The van der Waals surface area contributed by atoms with E-state index in [9.17, 15) is 0 Å². The van der Waals surface area contributed by atoms with Crippen molar-refractivity contribution in [2.24, 2.45) is 0 Å². The first kappa shape index (κ1) is 20.8. The van der Waals surface area contributed by atoms with Crippen molar-refractivity contribution in [1.29, 1.82) is 0 Å². The van der Waals surface area contributed by atoms with E-state index in [2.05, 4.69) is 91.1 Å². The van der Waals surface area contributed by atoms with E-state index in [1.807, 2.05) is 7.05 Å². The first-order valence-corrected chi connectivity index (χ1v) is 13.0. The lowest BCUT2D eigenvalue weighted by Gasteiger charge is -2.39. The number of hydrogen-bond acceptors (Lipinski definition) is 3. The van der Waals surface area contributed by atoms with Crippen molar-refractivity contribution in [3.05, 3.63) is 41.0 Å². The van der Waals surface area contributed by atoms with Gasteiger partial charge in [-0.3, -0.25) is 0 Å². The molecular weight excluding hydrogens is 362 g/mol. The third-order valence-corrected chi connectivity index (χ3v) is 10.7. The van der Waals surface area contributed by atoms with Crippen LogP contribution in [0.2, 0.25) is 18.1 Å².